The van der Waals surface area contributed by atoms with Crippen molar-refractivity contribution in [3.05, 3.63) is 23.7 Å². The third-order valence-electron chi connectivity index (χ3n) is 2.67. The van der Waals surface area contributed by atoms with Crippen molar-refractivity contribution >= 4 is 11.8 Å². The van der Waals surface area contributed by atoms with Gasteiger partial charge in [-0.2, -0.15) is 0 Å². The van der Waals surface area contributed by atoms with Gasteiger partial charge < -0.3 is 9.63 Å². The van der Waals surface area contributed by atoms with Crippen molar-refractivity contribution in [1.29, 1.82) is 0 Å². The number of carbonyl (C=O) groups excluding carboxylic acids is 1. The van der Waals surface area contributed by atoms with E-state index in [1.165, 1.54) is 10.9 Å². The van der Waals surface area contributed by atoms with E-state index in [4.69, 9.17) is 4.52 Å². The van der Waals surface area contributed by atoms with Gasteiger partial charge in [0.1, 0.15) is 12.2 Å². The molecule has 108 valence electrons. The lowest BCUT2D eigenvalue weighted by molar-refractivity contribution is -0.117. The van der Waals surface area contributed by atoms with Gasteiger partial charge in [-0.15, -0.1) is 5.10 Å². The minimum atomic E-state index is -0.713. The number of aliphatic hydroxyl groups excluding tert-OH is 1. The number of amides is 1. The lowest BCUT2D eigenvalue weighted by Crippen LogP contribution is -2.18. The van der Waals surface area contributed by atoms with Crippen LogP contribution in [0.4, 0.5) is 5.88 Å². The summed E-state index contributed by atoms with van der Waals surface area (Å²) in [6, 6.07) is 1.69. The third kappa shape index (κ3) is 3.41. The molecule has 8 nitrogen and oxygen atoms in total. The molecule has 2 rings (SSSR count). The van der Waals surface area contributed by atoms with Crippen LogP contribution in [0.3, 0.4) is 0 Å². The van der Waals surface area contributed by atoms with Crippen LogP contribution >= 0.6 is 0 Å². The Morgan fingerprint density at radius 1 is 1.45 bits per heavy atom. The number of carbonyl (C=O) groups is 1. The van der Waals surface area contributed by atoms with Crippen molar-refractivity contribution in [2.45, 2.75) is 39.3 Å². The molecule has 0 spiro atoms. The Bertz CT molecular complexity index is 537. The Labute approximate surface area is 115 Å². The first kappa shape index (κ1) is 14.2. The van der Waals surface area contributed by atoms with Gasteiger partial charge in [0.15, 0.2) is 0 Å². The van der Waals surface area contributed by atoms with Crippen LogP contribution in [0.2, 0.25) is 0 Å². The number of aliphatic hydroxyl groups is 1. The Morgan fingerprint density at radius 2 is 2.20 bits per heavy atom. The molecule has 2 N–H and O–H groups in total. The predicted octanol–water partition coefficient (Wildman–Crippen LogP) is 1.08. The van der Waals surface area contributed by atoms with E-state index in [9.17, 15) is 9.90 Å². The Kier molecular flexibility index (Phi) is 4.14. The number of nitrogens with one attached hydrogen (secondary N) is 1. The Balaban J connectivity index is 1.94. The Morgan fingerprint density at radius 3 is 2.75 bits per heavy atom. The summed E-state index contributed by atoms with van der Waals surface area (Å²) >= 11 is 0. The van der Waals surface area contributed by atoms with Gasteiger partial charge in [0, 0.05) is 6.07 Å². The molecule has 0 radical (unpaired) electrons. The molecule has 0 saturated heterocycles. The second kappa shape index (κ2) is 5.83. The third-order valence-corrected chi connectivity index (χ3v) is 2.67. The second-order valence-corrected chi connectivity index (χ2v) is 4.84. The van der Waals surface area contributed by atoms with Crippen LogP contribution in [0, 0.1) is 0 Å². The molecule has 8 heteroatoms. The summed E-state index contributed by atoms with van der Waals surface area (Å²) in [6.07, 6.45) is 0.805. The summed E-state index contributed by atoms with van der Waals surface area (Å²) in [5.41, 5.74) is 1.19. The summed E-state index contributed by atoms with van der Waals surface area (Å²) in [6.45, 7) is 5.53. The zero-order chi connectivity index (χ0) is 14.7. The molecule has 0 aliphatic rings. The first-order valence-electron chi connectivity index (χ1n) is 6.30. The average Bonchev–Trinajstić information content (AvgIpc) is 2.98. The topological polar surface area (TPSA) is 106 Å². The van der Waals surface area contributed by atoms with E-state index in [1.54, 1.807) is 13.0 Å². The summed E-state index contributed by atoms with van der Waals surface area (Å²) < 4.78 is 6.35. The van der Waals surface area contributed by atoms with Crippen molar-refractivity contribution in [1.82, 2.24) is 20.2 Å². The highest BCUT2D eigenvalue weighted by Gasteiger charge is 2.12. The lowest BCUT2D eigenvalue weighted by atomic mass is 10.1. The normalized spacial score (nSPS) is 12.7. The van der Waals surface area contributed by atoms with Crippen molar-refractivity contribution in [3.8, 4) is 0 Å². The molecule has 0 aliphatic heterocycles. The minimum Gasteiger partial charge on any atom is -0.387 e. The fraction of sp³-hybridized carbons (Fsp3) is 0.500. The van der Waals surface area contributed by atoms with Gasteiger partial charge in [0.2, 0.25) is 11.8 Å². The summed E-state index contributed by atoms with van der Waals surface area (Å²) in [5.74, 6) is 0.224. The van der Waals surface area contributed by atoms with E-state index in [1.807, 2.05) is 13.8 Å². The van der Waals surface area contributed by atoms with Gasteiger partial charge in [-0.1, -0.05) is 24.2 Å². The molecule has 2 aromatic rings. The fourth-order valence-corrected chi connectivity index (χ4v) is 1.53. The highest BCUT2D eigenvalue weighted by Crippen LogP contribution is 2.17. The maximum atomic E-state index is 11.8. The molecule has 0 aromatic carbocycles. The minimum absolute atomic E-state index is 0.0164. The van der Waals surface area contributed by atoms with E-state index >= 15 is 0 Å². The summed E-state index contributed by atoms with van der Waals surface area (Å²) in [7, 11) is 0. The zero-order valence-corrected chi connectivity index (χ0v) is 11.6. The number of nitrogens with zero attached hydrogens (tertiary/aromatic N) is 4. The quantitative estimate of drug-likeness (QED) is 0.848. The van der Waals surface area contributed by atoms with Crippen molar-refractivity contribution in [2.24, 2.45) is 0 Å². The fourth-order valence-electron chi connectivity index (χ4n) is 1.53. The maximum absolute atomic E-state index is 11.8. The van der Waals surface area contributed by atoms with Gasteiger partial charge in [-0.3, -0.25) is 10.1 Å². The van der Waals surface area contributed by atoms with Gasteiger partial charge in [-0.05, 0) is 12.8 Å². The number of aromatic nitrogens is 4. The van der Waals surface area contributed by atoms with Crippen molar-refractivity contribution in [3.63, 3.8) is 0 Å². The average molecular weight is 279 g/mol. The van der Waals surface area contributed by atoms with Crippen LogP contribution in [0.25, 0.3) is 0 Å². The van der Waals surface area contributed by atoms with Crippen LogP contribution < -0.4 is 5.32 Å². The van der Waals surface area contributed by atoms with Crippen LogP contribution in [0.15, 0.2) is 16.8 Å². The highest BCUT2D eigenvalue weighted by atomic mass is 16.5. The van der Waals surface area contributed by atoms with Crippen molar-refractivity contribution in [2.75, 3.05) is 5.32 Å². The first-order chi connectivity index (χ1) is 9.45. The molecule has 1 unspecified atom stereocenters. The molecular weight excluding hydrogens is 262 g/mol. The standard InChI is InChI=1S/C12H17N5O3/c1-7(2)9-4-12(20-15-9)13-11(19)6-17-5-10(8(3)18)14-16-17/h4-5,7-8,18H,6H2,1-3H3,(H,13,19). The SMILES string of the molecule is CC(C)c1cc(NC(=O)Cn2cc(C(C)O)nn2)on1. The molecule has 1 amide bonds. The second-order valence-electron chi connectivity index (χ2n) is 4.84. The van der Waals surface area contributed by atoms with Crippen LogP contribution in [-0.4, -0.2) is 31.2 Å². The number of hydrogen-bond acceptors (Lipinski definition) is 6. The lowest BCUT2D eigenvalue weighted by Gasteiger charge is -2.00. The van der Waals surface area contributed by atoms with E-state index in [0.717, 1.165) is 5.69 Å². The highest BCUT2D eigenvalue weighted by molar-refractivity contribution is 5.89. The summed E-state index contributed by atoms with van der Waals surface area (Å²) in [5, 5.41) is 23.3. The molecule has 0 aliphatic carbocycles. The monoisotopic (exact) mass is 279 g/mol. The smallest absolute Gasteiger partial charge is 0.248 e. The number of anilines is 1. The molecule has 2 aromatic heterocycles. The van der Waals surface area contributed by atoms with Gasteiger partial charge in [-0.25, -0.2) is 4.68 Å². The number of rotatable bonds is 5. The first-order valence-corrected chi connectivity index (χ1v) is 6.30. The predicted molar refractivity (Wildman–Crippen MR) is 69.9 cm³/mol. The van der Waals surface area contributed by atoms with E-state index in [-0.39, 0.29) is 18.4 Å². The van der Waals surface area contributed by atoms with E-state index in [0.29, 0.717) is 11.6 Å². The Hall–Kier alpha value is -2.22. The molecule has 2 heterocycles. The van der Waals surface area contributed by atoms with Crippen LogP contribution in [-0.2, 0) is 11.3 Å². The molecular formula is C12H17N5O3. The summed E-state index contributed by atoms with van der Waals surface area (Å²) in [4.78, 5) is 11.8. The largest absolute Gasteiger partial charge is 0.387 e. The van der Waals surface area contributed by atoms with Crippen molar-refractivity contribution < 1.29 is 14.4 Å². The zero-order valence-electron chi connectivity index (χ0n) is 11.6. The molecule has 0 bridgehead atoms. The van der Waals surface area contributed by atoms with Gasteiger partial charge in [0.05, 0.1) is 18.0 Å². The number of hydrogen-bond donors (Lipinski definition) is 2. The van der Waals surface area contributed by atoms with Gasteiger partial charge in [0.25, 0.3) is 0 Å². The molecule has 0 saturated carbocycles. The maximum Gasteiger partial charge on any atom is 0.248 e. The molecule has 1 atom stereocenters. The molecule has 20 heavy (non-hydrogen) atoms. The molecule has 0 fully saturated rings. The van der Waals surface area contributed by atoms with Gasteiger partial charge >= 0.3 is 0 Å². The van der Waals surface area contributed by atoms with E-state index < -0.39 is 6.10 Å². The van der Waals surface area contributed by atoms with Crippen LogP contribution in [0.5, 0.6) is 0 Å². The van der Waals surface area contributed by atoms with E-state index in [2.05, 4.69) is 20.8 Å². The van der Waals surface area contributed by atoms with Crippen LogP contribution in [0.1, 0.15) is 44.2 Å².